The van der Waals surface area contributed by atoms with Crippen molar-refractivity contribution in [2.75, 3.05) is 10.6 Å². The number of nitrogens with one attached hydrogen (secondary N) is 1. The third kappa shape index (κ3) is 5.29. The Morgan fingerprint density at radius 1 is 1.11 bits per heavy atom. The highest BCUT2D eigenvalue weighted by atomic mass is 32.2. The molecule has 0 unspecified atom stereocenters. The number of sulfonamides is 1. The fourth-order valence-electron chi connectivity index (χ4n) is 2.90. The second-order valence-electron chi connectivity index (χ2n) is 6.60. The van der Waals surface area contributed by atoms with Gasteiger partial charge < -0.3 is 5.32 Å². The van der Waals surface area contributed by atoms with Crippen LogP contribution in [0, 0.1) is 12.7 Å². The van der Waals surface area contributed by atoms with Crippen LogP contribution in [0.1, 0.15) is 37.4 Å². The summed E-state index contributed by atoms with van der Waals surface area (Å²) in [5.74, 6) is -0.758. The van der Waals surface area contributed by atoms with Gasteiger partial charge in [-0.15, -0.1) is 0 Å². The molecule has 2 aromatic rings. The number of anilines is 1. The Morgan fingerprint density at radius 3 is 2.15 bits per heavy atom. The van der Waals surface area contributed by atoms with E-state index in [0.717, 1.165) is 21.7 Å². The molecule has 2 atom stereocenters. The Labute approximate surface area is 160 Å². The zero-order chi connectivity index (χ0) is 20.2. The van der Waals surface area contributed by atoms with Gasteiger partial charge in [0, 0.05) is 0 Å². The molecule has 0 saturated heterocycles. The Balaban J connectivity index is 2.28. The summed E-state index contributed by atoms with van der Waals surface area (Å²) in [5.41, 5.74) is 2.18. The molecule has 0 aliphatic rings. The van der Waals surface area contributed by atoms with Crippen LogP contribution in [0.15, 0.2) is 48.5 Å². The fourth-order valence-corrected chi connectivity index (χ4v) is 4.11. The third-order valence-electron chi connectivity index (χ3n) is 4.35. The maximum Gasteiger partial charge on any atom is 0.244 e. The lowest BCUT2D eigenvalue weighted by atomic mass is 10.1. The topological polar surface area (TPSA) is 66.5 Å². The number of benzene rings is 2. The molecule has 0 saturated carbocycles. The van der Waals surface area contributed by atoms with Gasteiger partial charge in [-0.1, -0.05) is 36.8 Å². The van der Waals surface area contributed by atoms with Crippen molar-refractivity contribution in [1.82, 2.24) is 5.32 Å². The zero-order valence-corrected chi connectivity index (χ0v) is 16.8. The molecule has 2 rings (SSSR count). The summed E-state index contributed by atoms with van der Waals surface area (Å²) in [5, 5.41) is 2.83. The second-order valence-corrected chi connectivity index (χ2v) is 8.46. The van der Waals surface area contributed by atoms with Crippen LogP contribution in [0.5, 0.6) is 0 Å². The average Bonchev–Trinajstić information content (AvgIpc) is 2.60. The van der Waals surface area contributed by atoms with Crippen LogP contribution in [0.3, 0.4) is 0 Å². The van der Waals surface area contributed by atoms with Crippen molar-refractivity contribution in [3.8, 4) is 0 Å². The summed E-state index contributed by atoms with van der Waals surface area (Å²) in [7, 11) is -3.67. The van der Waals surface area contributed by atoms with Crippen LogP contribution in [-0.4, -0.2) is 26.6 Å². The molecule has 0 bridgehead atoms. The number of hydrogen-bond donors (Lipinski definition) is 1. The molecule has 0 aromatic heterocycles. The number of hydrogen-bond acceptors (Lipinski definition) is 3. The first kappa shape index (κ1) is 20.9. The average molecular weight is 392 g/mol. The predicted molar refractivity (Wildman–Crippen MR) is 106 cm³/mol. The summed E-state index contributed by atoms with van der Waals surface area (Å²) in [6.45, 7) is 5.44. The SMILES string of the molecule is CC[C@H](C(=O)N[C@H](C)c1ccc(F)cc1)N(c1ccc(C)cc1)S(C)(=O)=O. The molecule has 0 heterocycles. The van der Waals surface area contributed by atoms with E-state index in [-0.39, 0.29) is 11.9 Å². The standard InChI is InChI=1S/C20H25FN2O3S/c1-5-19(20(24)22-15(3)16-8-10-17(21)11-9-16)23(27(4,25)26)18-12-6-14(2)7-13-18/h6-13,15,19H,5H2,1-4H3,(H,22,24)/t15-,19-/m1/s1. The minimum atomic E-state index is -3.67. The molecule has 0 aliphatic carbocycles. The van der Waals surface area contributed by atoms with Crippen LogP contribution >= 0.6 is 0 Å². The molecule has 2 aromatic carbocycles. The van der Waals surface area contributed by atoms with Gasteiger partial charge in [0.25, 0.3) is 0 Å². The van der Waals surface area contributed by atoms with Gasteiger partial charge in [0.1, 0.15) is 11.9 Å². The van der Waals surface area contributed by atoms with Crippen LogP contribution in [0.2, 0.25) is 0 Å². The molecule has 0 radical (unpaired) electrons. The number of nitrogens with zero attached hydrogens (tertiary/aromatic N) is 1. The predicted octanol–water partition coefficient (Wildman–Crippen LogP) is 3.56. The maximum absolute atomic E-state index is 13.1. The lowest BCUT2D eigenvalue weighted by Gasteiger charge is -2.31. The van der Waals surface area contributed by atoms with Crippen molar-refractivity contribution in [3.63, 3.8) is 0 Å². The Hall–Kier alpha value is -2.41. The molecular formula is C20H25FN2O3S. The first-order chi connectivity index (χ1) is 12.6. The highest BCUT2D eigenvalue weighted by molar-refractivity contribution is 7.92. The first-order valence-corrected chi connectivity index (χ1v) is 10.6. The smallest absolute Gasteiger partial charge is 0.244 e. The molecule has 0 aliphatic heterocycles. The monoisotopic (exact) mass is 392 g/mol. The number of carbonyl (C=O) groups is 1. The van der Waals surface area contributed by atoms with Crippen LogP contribution in [0.4, 0.5) is 10.1 Å². The van der Waals surface area contributed by atoms with E-state index in [1.54, 1.807) is 50.2 Å². The van der Waals surface area contributed by atoms with E-state index in [1.807, 2.05) is 6.92 Å². The van der Waals surface area contributed by atoms with Gasteiger partial charge in [-0.3, -0.25) is 9.10 Å². The number of carbonyl (C=O) groups excluding carboxylic acids is 1. The summed E-state index contributed by atoms with van der Waals surface area (Å²) in [6, 6.07) is 11.6. The van der Waals surface area contributed by atoms with E-state index in [4.69, 9.17) is 0 Å². The molecule has 1 N–H and O–H groups in total. The minimum Gasteiger partial charge on any atom is -0.348 e. The van der Waals surface area contributed by atoms with Crippen molar-refractivity contribution in [2.45, 2.75) is 39.3 Å². The van der Waals surface area contributed by atoms with E-state index in [1.165, 1.54) is 12.1 Å². The van der Waals surface area contributed by atoms with E-state index >= 15 is 0 Å². The lowest BCUT2D eigenvalue weighted by molar-refractivity contribution is -0.122. The minimum absolute atomic E-state index is 0.308. The largest absolute Gasteiger partial charge is 0.348 e. The molecule has 7 heteroatoms. The molecule has 0 fully saturated rings. The van der Waals surface area contributed by atoms with Gasteiger partial charge in [-0.25, -0.2) is 12.8 Å². The van der Waals surface area contributed by atoms with Crippen molar-refractivity contribution < 1.29 is 17.6 Å². The summed E-state index contributed by atoms with van der Waals surface area (Å²) in [6.07, 6.45) is 1.40. The molecule has 5 nitrogen and oxygen atoms in total. The van der Waals surface area contributed by atoms with Crippen molar-refractivity contribution in [2.24, 2.45) is 0 Å². The van der Waals surface area contributed by atoms with Gasteiger partial charge in [0.05, 0.1) is 18.0 Å². The van der Waals surface area contributed by atoms with E-state index in [0.29, 0.717) is 12.1 Å². The normalized spacial score (nSPS) is 13.7. The first-order valence-electron chi connectivity index (χ1n) is 8.75. The summed E-state index contributed by atoms with van der Waals surface area (Å²) < 4.78 is 39.1. The summed E-state index contributed by atoms with van der Waals surface area (Å²) >= 11 is 0. The van der Waals surface area contributed by atoms with E-state index in [2.05, 4.69) is 5.32 Å². The highest BCUT2D eigenvalue weighted by Gasteiger charge is 2.32. The number of amides is 1. The highest BCUT2D eigenvalue weighted by Crippen LogP contribution is 2.24. The molecule has 27 heavy (non-hydrogen) atoms. The van der Waals surface area contributed by atoms with Gasteiger partial charge >= 0.3 is 0 Å². The van der Waals surface area contributed by atoms with E-state index < -0.39 is 22.0 Å². The third-order valence-corrected chi connectivity index (χ3v) is 5.53. The Morgan fingerprint density at radius 2 is 1.67 bits per heavy atom. The Bertz CT molecular complexity index is 880. The van der Waals surface area contributed by atoms with Crippen molar-refractivity contribution >= 4 is 21.6 Å². The second kappa shape index (κ2) is 8.52. The van der Waals surface area contributed by atoms with Crippen LogP contribution in [0.25, 0.3) is 0 Å². The Kier molecular flexibility index (Phi) is 6.59. The molecular weight excluding hydrogens is 367 g/mol. The number of halogens is 1. The van der Waals surface area contributed by atoms with Crippen LogP contribution < -0.4 is 9.62 Å². The van der Waals surface area contributed by atoms with Gasteiger partial charge in [-0.2, -0.15) is 0 Å². The van der Waals surface area contributed by atoms with Gasteiger partial charge in [-0.05, 0) is 50.1 Å². The quantitative estimate of drug-likeness (QED) is 0.784. The van der Waals surface area contributed by atoms with Gasteiger partial charge in [0.2, 0.25) is 15.9 Å². The lowest BCUT2D eigenvalue weighted by Crippen LogP contribution is -2.49. The fraction of sp³-hybridized carbons (Fsp3) is 0.350. The molecule has 146 valence electrons. The zero-order valence-electron chi connectivity index (χ0n) is 15.9. The number of aryl methyl sites for hydroxylation is 1. The molecule has 0 spiro atoms. The van der Waals surface area contributed by atoms with Crippen molar-refractivity contribution in [3.05, 3.63) is 65.5 Å². The maximum atomic E-state index is 13.1. The van der Waals surface area contributed by atoms with E-state index in [9.17, 15) is 17.6 Å². The van der Waals surface area contributed by atoms with Crippen LogP contribution in [-0.2, 0) is 14.8 Å². The molecule has 1 amide bonds. The van der Waals surface area contributed by atoms with Gasteiger partial charge in [0.15, 0.2) is 0 Å². The number of rotatable bonds is 7. The van der Waals surface area contributed by atoms with Crippen molar-refractivity contribution in [1.29, 1.82) is 0 Å². The summed E-state index contributed by atoms with van der Waals surface area (Å²) in [4.78, 5) is 12.9.